The van der Waals surface area contributed by atoms with Gasteiger partial charge in [0.25, 0.3) is 0 Å². The van der Waals surface area contributed by atoms with Gasteiger partial charge in [0.2, 0.25) is 5.91 Å². The van der Waals surface area contributed by atoms with E-state index in [2.05, 4.69) is 16.3 Å². The van der Waals surface area contributed by atoms with Crippen molar-refractivity contribution >= 4 is 29.7 Å². The molecule has 0 unspecified atom stereocenters. The number of hydrazone groups is 1. The van der Waals surface area contributed by atoms with Crippen LogP contribution in [0.2, 0.25) is 0 Å². The third-order valence-electron chi connectivity index (χ3n) is 4.28. The summed E-state index contributed by atoms with van der Waals surface area (Å²) < 4.78 is 34.4. The Bertz CT molecular complexity index is 831. The molecule has 2 aliphatic rings. The second-order valence-electron chi connectivity index (χ2n) is 6.33. The molecule has 1 atom stereocenters. The van der Waals surface area contributed by atoms with Gasteiger partial charge < -0.3 is 15.0 Å². The average Bonchev–Trinajstić information content (AvgIpc) is 3.02. The van der Waals surface area contributed by atoms with Crippen molar-refractivity contribution < 1.29 is 23.1 Å². The second-order valence-corrected chi connectivity index (χ2v) is 6.33. The first-order valence-electron chi connectivity index (χ1n) is 8.60. The smallest absolute Gasteiger partial charge is 0.414 e. The van der Waals surface area contributed by atoms with Crippen LogP contribution in [0.4, 0.5) is 25.0 Å². The van der Waals surface area contributed by atoms with Crippen LogP contribution in [0, 0.1) is 24.0 Å². The molecule has 1 N–H and O–H groups in total. The lowest BCUT2D eigenvalue weighted by atomic mass is 10.2. The van der Waals surface area contributed by atoms with Crippen LogP contribution in [0.15, 0.2) is 17.2 Å². The number of carbonyl (C=O) groups excluding carboxylic acids is 2. The summed E-state index contributed by atoms with van der Waals surface area (Å²) in [5.41, 5.74) is -0.216. The van der Waals surface area contributed by atoms with Crippen LogP contribution in [-0.4, -0.2) is 62.2 Å². The predicted molar refractivity (Wildman–Crippen MR) is 98.9 cm³/mol. The van der Waals surface area contributed by atoms with Crippen molar-refractivity contribution in [2.24, 2.45) is 5.10 Å². The van der Waals surface area contributed by atoms with Gasteiger partial charge in [0.15, 0.2) is 11.6 Å². The molecule has 0 aromatic heterocycles. The molecule has 2 heterocycles. The van der Waals surface area contributed by atoms with Gasteiger partial charge in [-0.3, -0.25) is 14.7 Å². The molecule has 0 aliphatic carbocycles. The van der Waals surface area contributed by atoms with Gasteiger partial charge in [-0.2, -0.15) is 5.10 Å². The molecule has 0 bridgehead atoms. The van der Waals surface area contributed by atoms with Gasteiger partial charge in [0.05, 0.1) is 31.9 Å². The molecular weight excluding hydrogens is 372 g/mol. The average molecular weight is 391 g/mol. The quantitative estimate of drug-likeness (QED) is 0.762. The van der Waals surface area contributed by atoms with Crippen molar-refractivity contribution in [2.45, 2.75) is 13.0 Å². The molecular formula is C18H19F2N5O3. The molecule has 28 heavy (non-hydrogen) atoms. The number of carbonyl (C=O) groups is 2. The molecule has 0 saturated carbocycles. The minimum absolute atomic E-state index is 0.0389. The number of anilines is 2. The highest BCUT2D eigenvalue weighted by atomic mass is 19.1. The lowest BCUT2D eigenvalue weighted by Crippen LogP contribution is -2.39. The van der Waals surface area contributed by atoms with E-state index in [4.69, 9.17) is 11.2 Å². The predicted octanol–water partition coefficient (Wildman–Crippen LogP) is 1.12. The van der Waals surface area contributed by atoms with Crippen molar-refractivity contribution in [3.8, 4) is 12.3 Å². The number of halogens is 2. The Kier molecular flexibility index (Phi) is 5.63. The summed E-state index contributed by atoms with van der Waals surface area (Å²) in [7, 11) is 0. The zero-order valence-corrected chi connectivity index (χ0v) is 15.2. The molecule has 8 nitrogen and oxygen atoms in total. The number of hydrogen-bond acceptors (Lipinski definition) is 6. The van der Waals surface area contributed by atoms with E-state index < -0.39 is 23.8 Å². The Balaban J connectivity index is 1.76. The van der Waals surface area contributed by atoms with Crippen LogP contribution in [0.1, 0.15) is 6.92 Å². The van der Waals surface area contributed by atoms with Gasteiger partial charge in [-0.15, -0.1) is 6.42 Å². The van der Waals surface area contributed by atoms with Crippen LogP contribution in [0.3, 0.4) is 0 Å². The highest BCUT2D eigenvalue weighted by molar-refractivity contribution is 5.90. The molecule has 0 radical (unpaired) electrons. The normalized spacial score (nSPS) is 18.9. The van der Waals surface area contributed by atoms with Crippen molar-refractivity contribution in [2.75, 3.05) is 42.5 Å². The van der Waals surface area contributed by atoms with Gasteiger partial charge >= 0.3 is 6.09 Å². The summed E-state index contributed by atoms with van der Waals surface area (Å²) in [6.07, 6.45) is 5.21. The highest BCUT2D eigenvalue weighted by Gasteiger charge is 2.33. The molecule has 148 valence electrons. The van der Waals surface area contributed by atoms with Crippen molar-refractivity contribution in [3.63, 3.8) is 0 Å². The van der Waals surface area contributed by atoms with Crippen molar-refractivity contribution in [3.05, 3.63) is 23.8 Å². The Morgan fingerprint density at radius 3 is 2.68 bits per heavy atom. The fraction of sp³-hybridized carbons (Fsp3) is 0.389. The first kappa shape index (κ1) is 19.4. The zero-order valence-electron chi connectivity index (χ0n) is 15.2. The Hall–Kier alpha value is -3.35. The fourth-order valence-corrected chi connectivity index (χ4v) is 2.95. The van der Waals surface area contributed by atoms with E-state index >= 15 is 0 Å². The van der Waals surface area contributed by atoms with E-state index in [9.17, 15) is 18.4 Å². The Labute approximate surface area is 160 Å². The van der Waals surface area contributed by atoms with Crippen LogP contribution in [-0.2, 0) is 9.53 Å². The number of nitrogens with zero attached hydrogens (tertiary/aromatic N) is 4. The maximum absolute atomic E-state index is 14.6. The SMILES string of the molecule is C#CCN1CCN(c2c(F)cc(N3C[C@H](CNC(C)=O)OC3=O)cc2F)C=N1. The molecule has 3 rings (SSSR count). The van der Waals surface area contributed by atoms with E-state index in [1.54, 1.807) is 5.01 Å². The summed E-state index contributed by atoms with van der Waals surface area (Å²) in [6.45, 7) is 2.58. The monoisotopic (exact) mass is 391 g/mol. The topological polar surface area (TPSA) is 77.5 Å². The minimum atomic E-state index is -0.829. The summed E-state index contributed by atoms with van der Waals surface area (Å²) in [6, 6.07) is 2.14. The third-order valence-corrected chi connectivity index (χ3v) is 4.28. The van der Waals surface area contributed by atoms with Gasteiger partial charge in [-0.25, -0.2) is 13.6 Å². The Morgan fingerprint density at radius 2 is 2.11 bits per heavy atom. The second kappa shape index (κ2) is 8.12. The standard InChI is InChI=1S/C18H19F2N5O3/c1-3-4-24-6-5-23(11-22-24)17-15(19)7-13(8-16(17)20)25-10-14(28-18(25)27)9-21-12(2)26/h1,7-8,11,14H,4-6,9-10H2,2H3,(H,21,26)/t14-/m0/s1. The van der Waals surface area contributed by atoms with Gasteiger partial charge in [0.1, 0.15) is 18.1 Å². The maximum Gasteiger partial charge on any atom is 0.414 e. The Morgan fingerprint density at radius 1 is 1.39 bits per heavy atom. The van der Waals surface area contributed by atoms with Gasteiger partial charge in [-0.1, -0.05) is 5.92 Å². The molecule has 1 fully saturated rings. The van der Waals surface area contributed by atoms with Gasteiger partial charge in [-0.05, 0) is 0 Å². The van der Waals surface area contributed by atoms with E-state index in [-0.39, 0.29) is 30.4 Å². The molecule has 1 aromatic carbocycles. The molecule has 1 saturated heterocycles. The van der Waals surface area contributed by atoms with Crippen LogP contribution in [0.5, 0.6) is 0 Å². The van der Waals surface area contributed by atoms with Crippen LogP contribution in [0.25, 0.3) is 0 Å². The molecule has 0 spiro atoms. The summed E-state index contributed by atoms with van der Waals surface area (Å²) in [5, 5.41) is 8.20. The molecule has 2 aliphatic heterocycles. The number of terminal acetylenes is 1. The first-order chi connectivity index (χ1) is 13.4. The number of amides is 2. The van der Waals surface area contributed by atoms with Crippen molar-refractivity contribution in [1.29, 1.82) is 0 Å². The number of rotatable bonds is 5. The van der Waals surface area contributed by atoms with Crippen LogP contribution < -0.4 is 15.1 Å². The highest BCUT2D eigenvalue weighted by Crippen LogP contribution is 2.31. The van der Waals surface area contributed by atoms with E-state index in [0.29, 0.717) is 19.6 Å². The first-order valence-corrected chi connectivity index (χ1v) is 8.60. The minimum Gasteiger partial charge on any atom is -0.442 e. The lowest BCUT2D eigenvalue weighted by Gasteiger charge is -2.29. The zero-order chi connectivity index (χ0) is 20.3. The van der Waals surface area contributed by atoms with E-state index in [0.717, 1.165) is 17.0 Å². The number of hydrogen-bond donors (Lipinski definition) is 1. The molecule has 2 amide bonds. The number of ether oxygens (including phenoxy) is 1. The fourth-order valence-electron chi connectivity index (χ4n) is 2.95. The number of cyclic esters (lactones) is 1. The van der Waals surface area contributed by atoms with Crippen LogP contribution >= 0.6 is 0 Å². The number of nitrogens with one attached hydrogen (secondary N) is 1. The largest absolute Gasteiger partial charge is 0.442 e. The number of benzene rings is 1. The van der Waals surface area contributed by atoms with Gasteiger partial charge in [0, 0.05) is 25.6 Å². The van der Waals surface area contributed by atoms with E-state index in [1.807, 2.05) is 0 Å². The summed E-state index contributed by atoms with van der Waals surface area (Å²) in [4.78, 5) is 25.5. The third kappa shape index (κ3) is 4.14. The van der Waals surface area contributed by atoms with Crippen molar-refractivity contribution in [1.82, 2.24) is 10.3 Å². The molecule has 1 aromatic rings. The lowest BCUT2D eigenvalue weighted by molar-refractivity contribution is -0.119. The molecule has 10 heteroatoms. The summed E-state index contributed by atoms with van der Waals surface area (Å²) in [5.74, 6) is 0.528. The summed E-state index contributed by atoms with van der Waals surface area (Å²) >= 11 is 0. The van der Waals surface area contributed by atoms with E-state index in [1.165, 1.54) is 18.2 Å². The maximum atomic E-state index is 14.6.